The standard InChI is InChI=1S/C6H4BrN3S/c7-4-2-1-3-10-5(4)8-6(11)9-10/h1-3H,(H,9,11). The normalized spacial score (nSPS) is 10.6. The van der Waals surface area contributed by atoms with Gasteiger partial charge in [0.2, 0.25) is 4.77 Å². The molecule has 3 nitrogen and oxygen atoms in total. The molecule has 0 aliphatic heterocycles. The summed E-state index contributed by atoms with van der Waals surface area (Å²) >= 11 is 8.22. The third kappa shape index (κ3) is 1.10. The lowest BCUT2D eigenvalue weighted by Crippen LogP contribution is -1.85. The lowest BCUT2D eigenvalue weighted by atomic mass is 10.5. The van der Waals surface area contributed by atoms with Gasteiger partial charge in [-0.25, -0.2) is 4.52 Å². The summed E-state index contributed by atoms with van der Waals surface area (Å²) < 4.78 is 3.20. The molecule has 0 radical (unpaired) electrons. The van der Waals surface area contributed by atoms with Crippen LogP contribution in [-0.4, -0.2) is 14.6 Å². The Kier molecular flexibility index (Phi) is 1.54. The van der Waals surface area contributed by atoms with Crippen molar-refractivity contribution < 1.29 is 0 Å². The molecule has 0 atom stereocenters. The average molecular weight is 230 g/mol. The first-order valence-corrected chi connectivity index (χ1v) is 4.20. The van der Waals surface area contributed by atoms with Crippen LogP contribution in [0.5, 0.6) is 0 Å². The van der Waals surface area contributed by atoms with E-state index in [1.54, 1.807) is 4.52 Å². The quantitative estimate of drug-likeness (QED) is 0.703. The second-order valence-electron chi connectivity index (χ2n) is 2.08. The largest absolute Gasteiger partial charge is 0.267 e. The van der Waals surface area contributed by atoms with E-state index in [0.29, 0.717) is 4.77 Å². The van der Waals surface area contributed by atoms with Gasteiger partial charge in [0, 0.05) is 6.20 Å². The van der Waals surface area contributed by atoms with E-state index in [1.807, 2.05) is 18.3 Å². The molecule has 2 aromatic heterocycles. The van der Waals surface area contributed by atoms with Gasteiger partial charge in [-0.15, -0.1) is 0 Å². The molecule has 0 saturated carbocycles. The van der Waals surface area contributed by atoms with Crippen molar-refractivity contribution in [3.63, 3.8) is 0 Å². The van der Waals surface area contributed by atoms with Crippen molar-refractivity contribution in [1.29, 1.82) is 0 Å². The highest BCUT2D eigenvalue weighted by atomic mass is 79.9. The van der Waals surface area contributed by atoms with Gasteiger partial charge < -0.3 is 0 Å². The van der Waals surface area contributed by atoms with Crippen LogP contribution in [0.2, 0.25) is 0 Å². The number of H-pyrrole nitrogens is 1. The summed E-state index contributed by atoms with van der Waals surface area (Å²) in [6.07, 6.45) is 1.86. The maximum absolute atomic E-state index is 4.86. The van der Waals surface area contributed by atoms with Crippen LogP contribution < -0.4 is 0 Å². The number of aromatic amines is 1. The molecule has 0 unspecified atom stereocenters. The van der Waals surface area contributed by atoms with E-state index < -0.39 is 0 Å². The summed E-state index contributed by atoms with van der Waals surface area (Å²) in [6.45, 7) is 0. The second kappa shape index (κ2) is 2.42. The first kappa shape index (κ1) is 7.00. The maximum Gasteiger partial charge on any atom is 0.214 e. The first-order valence-electron chi connectivity index (χ1n) is 3.00. The van der Waals surface area contributed by atoms with E-state index in [2.05, 4.69) is 26.0 Å². The van der Waals surface area contributed by atoms with Crippen LogP contribution in [0.15, 0.2) is 22.8 Å². The summed E-state index contributed by atoms with van der Waals surface area (Å²) in [7, 11) is 0. The summed E-state index contributed by atoms with van der Waals surface area (Å²) in [4.78, 5) is 4.09. The Balaban J connectivity index is 3.01. The molecule has 2 rings (SSSR count). The van der Waals surface area contributed by atoms with Crippen LogP contribution in [0.25, 0.3) is 5.65 Å². The molecule has 2 heterocycles. The van der Waals surface area contributed by atoms with Crippen molar-refractivity contribution in [2.24, 2.45) is 0 Å². The van der Waals surface area contributed by atoms with Crippen molar-refractivity contribution in [3.8, 4) is 0 Å². The minimum Gasteiger partial charge on any atom is -0.267 e. The summed E-state index contributed by atoms with van der Waals surface area (Å²) in [5, 5.41) is 2.89. The number of hydrogen-bond acceptors (Lipinski definition) is 2. The molecular weight excluding hydrogens is 226 g/mol. The number of nitrogens with zero attached hydrogens (tertiary/aromatic N) is 2. The van der Waals surface area contributed by atoms with Crippen LogP contribution in [0.3, 0.4) is 0 Å². The Labute approximate surface area is 76.2 Å². The van der Waals surface area contributed by atoms with E-state index in [0.717, 1.165) is 10.1 Å². The summed E-state index contributed by atoms with van der Waals surface area (Å²) in [6, 6.07) is 3.83. The monoisotopic (exact) mass is 229 g/mol. The minimum absolute atomic E-state index is 0.497. The van der Waals surface area contributed by atoms with E-state index in [4.69, 9.17) is 12.2 Å². The van der Waals surface area contributed by atoms with Crippen LogP contribution >= 0.6 is 28.1 Å². The highest BCUT2D eigenvalue weighted by Gasteiger charge is 1.97. The van der Waals surface area contributed by atoms with Crippen LogP contribution in [0, 0.1) is 4.77 Å². The Morgan fingerprint density at radius 1 is 1.64 bits per heavy atom. The average Bonchev–Trinajstić information content (AvgIpc) is 2.31. The van der Waals surface area contributed by atoms with Crippen LogP contribution in [-0.2, 0) is 0 Å². The molecule has 0 bridgehead atoms. The molecule has 2 aromatic rings. The fourth-order valence-electron chi connectivity index (χ4n) is 0.896. The van der Waals surface area contributed by atoms with Crippen molar-refractivity contribution in [1.82, 2.24) is 14.6 Å². The zero-order valence-electron chi connectivity index (χ0n) is 5.41. The van der Waals surface area contributed by atoms with Crippen LogP contribution in [0.1, 0.15) is 0 Å². The zero-order chi connectivity index (χ0) is 7.84. The summed E-state index contributed by atoms with van der Waals surface area (Å²) in [5.74, 6) is 0. The Bertz CT molecular complexity index is 444. The number of aromatic nitrogens is 3. The van der Waals surface area contributed by atoms with Crippen molar-refractivity contribution in [2.75, 3.05) is 0 Å². The molecule has 0 aliphatic rings. The topological polar surface area (TPSA) is 33.1 Å². The Hall–Kier alpha value is -0.680. The van der Waals surface area contributed by atoms with Gasteiger partial charge in [-0.05, 0) is 40.3 Å². The smallest absolute Gasteiger partial charge is 0.214 e. The maximum atomic E-state index is 4.86. The van der Waals surface area contributed by atoms with Crippen molar-refractivity contribution in [3.05, 3.63) is 27.6 Å². The predicted molar refractivity (Wildman–Crippen MR) is 48.1 cm³/mol. The van der Waals surface area contributed by atoms with Gasteiger partial charge in [0.15, 0.2) is 5.65 Å². The van der Waals surface area contributed by atoms with E-state index in [-0.39, 0.29) is 0 Å². The SMILES string of the molecule is S=c1nc2c(Br)cccn2[nH]1. The van der Waals surface area contributed by atoms with Gasteiger partial charge in [-0.3, -0.25) is 5.10 Å². The molecule has 0 spiro atoms. The third-order valence-electron chi connectivity index (χ3n) is 1.34. The fraction of sp³-hybridized carbons (Fsp3) is 0. The second-order valence-corrected chi connectivity index (χ2v) is 3.32. The Morgan fingerprint density at radius 3 is 3.18 bits per heavy atom. The fourth-order valence-corrected chi connectivity index (χ4v) is 1.51. The van der Waals surface area contributed by atoms with Gasteiger partial charge >= 0.3 is 0 Å². The lowest BCUT2D eigenvalue weighted by Gasteiger charge is -1.91. The molecule has 56 valence electrons. The molecule has 1 N–H and O–H groups in total. The van der Waals surface area contributed by atoms with Gasteiger partial charge in [0.1, 0.15) is 0 Å². The van der Waals surface area contributed by atoms with E-state index in [1.165, 1.54) is 0 Å². The van der Waals surface area contributed by atoms with Gasteiger partial charge in [0.25, 0.3) is 0 Å². The van der Waals surface area contributed by atoms with E-state index >= 15 is 0 Å². The van der Waals surface area contributed by atoms with Crippen LogP contribution in [0.4, 0.5) is 0 Å². The number of rotatable bonds is 0. The zero-order valence-corrected chi connectivity index (χ0v) is 7.82. The van der Waals surface area contributed by atoms with E-state index in [9.17, 15) is 0 Å². The number of halogens is 1. The molecule has 5 heteroatoms. The molecule has 11 heavy (non-hydrogen) atoms. The molecular formula is C6H4BrN3S. The minimum atomic E-state index is 0.497. The predicted octanol–water partition coefficient (Wildman–Crippen LogP) is 2.15. The highest BCUT2D eigenvalue weighted by molar-refractivity contribution is 9.10. The molecule has 0 aliphatic carbocycles. The molecule has 0 fully saturated rings. The molecule has 0 aromatic carbocycles. The number of pyridine rings is 1. The third-order valence-corrected chi connectivity index (χ3v) is 2.14. The highest BCUT2D eigenvalue weighted by Crippen LogP contribution is 2.13. The lowest BCUT2D eigenvalue weighted by molar-refractivity contribution is 0.950. The van der Waals surface area contributed by atoms with Gasteiger partial charge in [-0.1, -0.05) is 0 Å². The van der Waals surface area contributed by atoms with Gasteiger partial charge in [0.05, 0.1) is 4.47 Å². The molecule has 0 amide bonds. The van der Waals surface area contributed by atoms with Crippen molar-refractivity contribution in [2.45, 2.75) is 0 Å². The molecule has 0 saturated heterocycles. The van der Waals surface area contributed by atoms with Crippen molar-refractivity contribution >= 4 is 33.8 Å². The number of fused-ring (bicyclic) bond motifs is 1. The van der Waals surface area contributed by atoms with Gasteiger partial charge in [-0.2, -0.15) is 4.98 Å². The number of nitrogens with one attached hydrogen (secondary N) is 1. The Morgan fingerprint density at radius 2 is 2.45 bits per heavy atom. The number of hydrogen-bond donors (Lipinski definition) is 1. The summed E-state index contributed by atoms with van der Waals surface area (Å²) in [5.41, 5.74) is 0.817. The first-order chi connectivity index (χ1) is 5.27.